The zero-order valence-corrected chi connectivity index (χ0v) is 12.6. The van der Waals surface area contributed by atoms with Crippen LogP contribution >= 0.6 is 11.8 Å². The number of fused-ring (bicyclic) bond motifs is 2. The molecular formula is C17H17N3S. The first kappa shape index (κ1) is 12.9. The van der Waals surface area contributed by atoms with Gasteiger partial charge in [-0.1, -0.05) is 30.0 Å². The van der Waals surface area contributed by atoms with Crippen molar-refractivity contribution in [1.29, 1.82) is 0 Å². The molecule has 0 aromatic heterocycles. The molecule has 0 amide bonds. The Morgan fingerprint density at radius 1 is 1.00 bits per heavy atom. The van der Waals surface area contributed by atoms with E-state index in [4.69, 9.17) is 4.99 Å². The molecule has 4 rings (SSSR count). The Bertz CT molecular complexity index is 779. The van der Waals surface area contributed by atoms with E-state index in [0.717, 1.165) is 37.2 Å². The van der Waals surface area contributed by atoms with Gasteiger partial charge in [-0.15, -0.1) is 0 Å². The molecule has 0 radical (unpaired) electrons. The van der Waals surface area contributed by atoms with E-state index < -0.39 is 0 Å². The van der Waals surface area contributed by atoms with Crippen molar-refractivity contribution in [1.82, 2.24) is 5.32 Å². The Labute approximate surface area is 128 Å². The number of nitrogens with one attached hydrogen (secondary N) is 1. The fourth-order valence-electron chi connectivity index (χ4n) is 2.84. The largest absolute Gasteiger partial charge is 0.368 e. The fraction of sp³-hybridized carbons (Fsp3) is 0.235. The summed E-state index contributed by atoms with van der Waals surface area (Å²) < 4.78 is 0. The van der Waals surface area contributed by atoms with Crippen LogP contribution in [-0.4, -0.2) is 26.2 Å². The maximum absolute atomic E-state index is 4.86. The van der Waals surface area contributed by atoms with Crippen LogP contribution in [0.3, 0.4) is 0 Å². The average molecular weight is 295 g/mol. The van der Waals surface area contributed by atoms with Gasteiger partial charge in [0.1, 0.15) is 0 Å². The molecular weight excluding hydrogens is 278 g/mol. The second-order valence-electron chi connectivity index (χ2n) is 5.26. The number of rotatable bonds is 1. The normalized spacial score (nSPS) is 17.0. The molecule has 0 unspecified atom stereocenters. The molecule has 0 bridgehead atoms. The molecule has 2 aromatic rings. The minimum absolute atomic E-state index is 1.05. The van der Waals surface area contributed by atoms with Crippen LogP contribution in [0.25, 0.3) is 5.41 Å². The lowest BCUT2D eigenvalue weighted by atomic mass is 10.2. The van der Waals surface area contributed by atoms with Crippen molar-refractivity contribution in [3.63, 3.8) is 0 Å². The summed E-state index contributed by atoms with van der Waals surface area (Å²) >= 11 is 1.77. The zero-order valence-electron chi connectivity index (χ0n) is 11.7. The highest BCUT2D eigenvalue weighted by Gasteiger charge is 2.13. The van der Waals surface area contributed by atoms with E-state index in [1.165, 1.54) is 15.8 Å². The standard InChI is InChI=1S/C17H17N3S/c1-2-7-17-15(4-1)19-14-5-3-6-16(13(14)12-21-17)20-10-8-18-9-11-20/h1-7,12,18H,8-11H2. The summed E-state index contributed by atoms with van der Waals surface area (Å²) in [4.78, 5) is 8.54. The van der Waals surface area contributed by atoms with Gasteiger partial charge in [-0.25, -0.2) is 4.99 Å². The molecule has 2 heterocycles. The van der Waals surface area contributed by atoms with Gasteiger partial charge in [0.15, 0.2) is 0 Å². The summed E-state index contributed by atoms with van der Waals surface area (Å²) in [6.45, 7) is 4.21. The molecule has 2 aliphatic rings. The molecule has 106 valence electrons. The molecule has 0 aliphatic carbocycles. The number of piperazine rings is 1. The first-order chi connectivity index (χ1) is 10.4. The Kier molecular flexibility index (Phi) is 3.41. The summed E-state index contributed by atoms with van der Waals surface area (Å²) in [5.74, 6) is 0. The maximum atomic E-state index is 4.86. The van der Waals surface area contributed by atoms with Crippen molar-refractivity contribution in [2.45, 2.75) is 4.90 Å². The van der Waals surface area contributed by atoms with Crippen molar-refractivity contribution in [3.8, 4) is 0 Å². The second-order valence-corrected chi connectivity index (χ2v) is 6.17. The molecule has 2 aliphatic heterocycles. The first-order valence-electron chi connectivity index (χ1n) is 7.31. The monoisotopic (exact) mass is 295 g/mol. The predicted octanol–water partition coefficient (Wildman–Crippen LogP) is 1.89. The van der Waals surface area contributed by atoms with Crippen LogP contribution in [0, 0.1) is 0 Å². The van der Waals surface area contributed by atoms with Crippen molar-refractivity contribution in [2.75, 3.05) is 31.1 Å². The van der Waals surface area contributed by atoms with Crippen LogP contribution in [-0.2, 0) is 0 Å². The van der Waals surface area contributed by atoms with Gasteiger partial charge in [-0.3, -0.25) is 0 Å². The molecule has 0 atom stereocenters. The highest BCUT2D eigenvalue weighted by atomic mass is 32.2. The first-order valence-corrected chi connectivity index (χ1v) is 8.19. The lowest BCUT2D eigenvalue weighted by molar-refractivity contribution is 0.588. The predicted molar refractivity (Wildman–Crippen MR) is 88.7 cm³/mol. The third kappa shape index (κ3) is 2.45. The minimum atomic E-state index is 1.05. The van der Waals surface area contributed by atoms with Crippen molar-refractivity contribution in [3.05, 3.63) is 53.0 Å². The van der Waals surface area contributed by atoms with E-state index in [9.17, 15) is 0 Å². The Balaban J connectivity index is 1.88. The lowest BCUT2D eigenvalue weighted by Crippen LogP contribution is -2.46. The SMILES string of the molecule is C1=c2c(N3CCNCC3)cccc2=Nc2ccccc2S1. The van der Waals surface area contributed by atoms with Crippen molar-refractivity contribution in [2.24, 2.45) is 4.99 Å². The van der Waals surface area contributed by atoms with Gasteiger partial charge >= 0.3 is 0 Å². The van der Waals surface area contributed by atoms with Crippen LogP contribution in [0.15, 0.2) is 52.4 Å². The fourth-order valence-corrected chi connectivity index (χ4v) is 3.72. The number of anilines is 1. The van der Waals surface area contributed by atoms with Gasteiger partial charge in [0.05, 0.1) is 11.0 Å². The van der Waals surface area contributed by atoms with E-state index in [0.29, 0.717) is 0 Å². The zero-order chi connectivity index (χ0) is 14.1. The van der Waals surface area contributed by atoms with Gasteiger partial charge in [0, 0.05) is 42.0 Å². The number of benzene rings is 2. The van der Waals surface area contributed by atoms with Crippen LogP contribution < -0.4 is 20.8 Å². The Morgan fingerprint density at radius 3 is 2.76 bits per heavy atom. The van der Waals surface area contributed by atoms with Crippen LogP contribution in [0.4, 0.5) is 11.4 Å². The number of para-hydroxylation sites is 1. The molecule has 4 heteroatoms. The molecule has 1 N–H and O–H groups in total. The summed E-state index contributed by atoms with van der Waals surface area (Å²) in [6.07, 6.45) is 0. The molecule has 0 saturated carbocycles. The second kappa shape index (κ2) is 5.54. The number of hydrogen-bond donors (Lipinski definition) is 1. The van der Waals surface area contributed by atoms with E-state index >= 15 is 0 Å². The molecule has 1 fully saturated rings. The number of nitrogens with zero attached hydrogens (tertiary/aromatic N) is 2. The van der Waals surface area contributed by atoms with E-state index in [1.54, 1.807) is 11.8 Å². The van der Waals surface area contributed by atoms with Gasteiger partial charge in [0.2, 0.25) is 0 Å². The average Bonchev–Trinajstić information content (AvgIpc) is 2.74. The third-order valence-electron chi connectivity index (χ3n) is 3.93. The highest BCUT2D eigenvalue weighted by Crippen LogP contribution is 2.30. The number of thioether (sulfide) groups is 1. The van der Waals surface area contributed by atoms with Gasteiger partial charge in [-0.05, 0) is 29.7 Å². The molecule has 1 saturated heterocycles. The lowest BCUT2D eigenvalue weighted by Gasteiger charge is -2.29. The molecule has 2 aromatic carbocycles. The van der Waals surface area contributed by atoms with Gasteiger partial charge < -0.3 is 10.2 Å². The van der Waals surface area contributed by atoms with E-state index in [2.05, 4.69) is 52.0 Å². The smallest absolute Gasteiger partial charge is 0.0776 e. The van der Waals surface area contributed by atoms with Gasteiger partial charge in [-0.2, -0.15) is 0 Å². The summed E-state index contributed by atoms with van der Waals surface area (Å²) in [5, 5.41) is 7.99. The van der Waals surface area contributed by atoms with Crippen molar-refractivity contribution >= 4 is 28.5 Å². The summed E-state index contributed by atoms with van der Waals surface area (Å²) in [7, 11) is 0. The maximum Gasteiger partial charge on any atom is 0.0776 e. The molecule has 3 nitrogen and oxygen atoms in total. The van der Waals surface area contributed by atoms with E-state index in [1.807, 2.05) is 6.07 Å². The number of hydrogen-bond acceptors (Lipinski definition) is 4. The third-order valence-corrected chi connectivity index (χ3v) is 4.88. The van der Waals surface area contributed by atoms with Crippen LogP contribution in [0.5, 0.6) is 0 Å². The topological polar surface area (TPSA) is 27.6 Å². The summed E-state index contributed by atoms with van der Waals surface area (Å²) in [6, 6.07) is 14.8. The molecule has 0 spiro atoms. The summed E-state index contributed by atoms with van der Waals surface area (Å²) in [5.41, 5.74) is 2.37. The Hall–Kier alpha value is -1.78. The van der Waals surface area contributed by atoms with Crippen molar-refractivity contribution < 1.29 is 0 Å². The Morgan fingerprint density at radius 2 is 1.86 bits per heavy atom. The van der Waals surface area contributed by atoms with Gasteiger partial charge in [0.25, 0.3) is 0 Å². The highest BCUT2D eigenvalue weighted by molar-refractivity contribution is 8.06. The molecule has 21 heavy (non-hydrogen) atoms. The minimum Gasteiger partial charge on any atom is -0.368 e. The van der Waals surface area contributed by atoms with Crippen LogP contribution in [0.2, 0.25) is 0 Å². The van der Waals surface area contributed by atoms with E-state index in [-0.39, 0.29) is 0 Å². The quantitative estimate of drug-likeness (QED) is 0.871. The van der Waals surface area contributed by atoms with Crippen LogP contribution in [0.1, 0.15) is 0 Å².